The maximum Gasteiger partial charge on any atom is 0.647 e. The van der Waals surface area contributed by atoms with E-state index < -0.39 is 21.9 Å². The van der Waals surface area contributed by atoms with Gasteiger partial charge in [-0.3, -0.25) is 0 Å². The van der Waals surface area contributed by atoms with Gasteiger partial charge in [-0.1, -0.05) is 0 Å². The van der Waals surface area contributed by atoms with Crippen molar-refractivity contribution in [1.29, 1.82) is 0 Å². The molecular weight excluding hydrogens is 286 g/mol. The van der Waals surface area contributed by atoms with E-state index in [1.165, 1.54) is 0 Å². The van der Waals surface area contributed by atoms with E-state index in [0.717, 1.165) is 0 Å². The first-order valence-electron chi connectivity index (χ1n) is 5.04. The number of fused-ring (bicyclic) bond motifs is 2. The van der Waals surface area contributed by atoms with Crippen LogP contribution in [0.5, 0.6) is 23.0 Å². The first-order valence-corrected chi connectivity index (χ1v) is 7.96. The van der Waals surface area contributed by atoms with Crippen molar-refractivity contribution in [2.75, 3.05) is 0 Å². The summed E-state index contributed by atoms with van der Waals surface area (Å²) in [5.41, 5.74) is 0.959. The van der Waals surface area contributed by atoms with Gasteiger partial charge in [0.25, 0.3) is 0 Å². The Bertz CT molecular complexity index is 729. The Morgan fingerprint density at radius 3 is 1.94 bits per heavy atom. The van der Waals surface area contributed by atoms with Gasteiger partial charge >= 0.3 is 15.6 Å². The fourth-order valence-corrected chi connectivity index (χ4v) is 4.89. The smallest absolute Gasteiger partial charge is 0.399 e. The summed E-state index contributed by atoms with van der Waals surface area (Å²) in [6.07, 6.45) is -0.857. The third kappa shape index (κ3) is 0.874. The van der Waals surface area contributed by atoms with Crippen LogP contribution >= 0.6 is 15.6 Å². The molecule has 1 unspecified atom stereocenters. The van der Waals surface area contributed by atoms with Crippen LogP contribution in [-0.2, 0) is 18.2 Å². The summed E-state index contributed by atoms with van der Waals surface area (Å²) in [7, 11) is -7.18. The first kappa shape index (κ1) is 9.69. The molecule has 10 heteroatoms. The molecule has 1 saturated heterocycles. The highest BCUT2D eigenvalue weighted by Gasteiger charge is 2.61. The largest absolute Gasteiger partial charge is 0.647 e. The van der Waals surface area contributed by atoms with Crippen LogP contribution < -0.4 is 18.1 Å². The molecule has 8 nitrogen and oxygen atoms in total. The Labute approximate surface area is 99.9 Å². The van der Waals surface area contributed by atoms with E-state index in [-0.39, 0.29) is 17.2 Å². The molecule has 6 rings (SSSR count). The molecule has 0 aromatic heterocycles. The molecule has 0 radical (unpaired) electrons. The third-order valence-corrected chi connectivity index (χ3v) is 5.60. The van der Waals surface area contributed by atoms with Crippen molar-refractivity contribution in [2.24, 2.45) is 0 Å². The van der Waals surface area contributed by atoms with Crippen molar-refractivity contribution in [2.45, 2.75) is 13.2 Å². The Kier molecular flexibility index (Phi) is 1.30. The molecular formula is C8H4O8P2. The van der Waals surface area contributed by atoms with Crippen LogP contribution in [0.1, 0.15) is 17.4 Å². The van der Waals surface area contributed by atoms with Crippen molar-refractivity contribution in [3.63, 3.8) is 0 Å². The van der Waals surface area contributed by atoms with E-state index in [9.17, 15) is 9.13 Å². The molecule has 1 atom stereocenters. The second-order valence-corrected chi connectivity index (χ2v) is 7.10. The van der Waals surface area contributed by atoms with Gasteiger partial charge in [0, 0.05) is 5.56 Å². The quantitative estimate of drug-likeness (QED) is 0.674. The third-order valence-electron chi connectivity index (χ3n) is 3.08. The average molecular weight is 290 g/mol. The first-order chi connectivity index (χ1) is 8.48. The van der Waals surface area contributed by atoms with Crippen molar-refractivity contribution in [3.05, 3.63) is 11.1 Å². The second-order valence-electron chi connectivity index (χ2n) is 4.16. The van der Waals surface area contributed by atoms with E-state index in [0.29, 0.717) is 16.9 Å². The molecule has 0 amide bonds. The van der Waals surface area contributed by atoms with Crippen molar-refractivity contribution >= 4 is 15.6 Å². The Balaban J connectivity index is 1.92. The predicted molar refractivity (Wildman–Crippen MR) is 53.8 cm³/mol. The van der Waals surface area contributed by atoms with Crippen molar-refractivity contribution < 1.29 is 36.3 Å². The van der Waals surface area contributed by atoms with Gasteiger partial charge in [0.15, 0.2) is 23.0 Å². The molecule has 5 heterocycles. The average Bonchev–Trinajstić information content (AvgIpc) is 2.49. The molecule has 0 saturated carbocycles. The number of phosphoric ester groups is 2. The molecule has 1 fully saturated rings. The van der Waals surface area contributed by atoms with Crippen LogP contribution in [0, 0.1) is 6.92 Å². The zero-order valence-corrected chi connectivity index (χ0v) is 10.5. The van der Waals surface area contributed by atoms with Crippen LogP contribution in [0.2, 0.25) is 0 Å². The highest BCUT2D eigenvalue weighted by atomic mass is 31.2. The van der Waals surface area contributed by atoms with Gasteiger partial charge in [-0.25, -0.2) is 13.6 Å². The van der Waals surface area contributed by atoms with E-state index in [4.69, 9.17) is 27.1 Å². The molecule has 5 bridgehead atoms. The number of rotatable bonds is 0. The van der Waals surface area contributed by atoms with Gasteiger partial charge in [-0.05, 0) is 6.92 Å². The lowest BCUT2D eigenvalue weighted by Crippen LogP contribution is -2.27. The van der Waals surface area contributed by atoms with Crippen LogP contribution in [0.4, 0.5) is 0 Å². The molecule has 94 valence electrons. The zero-order chi connectivity index (χ0) is 12.3. The number of phosphoric acid groups is 2. The Morgan fingerprint density at radius 1 is 0.833 bits per heavy atom. The zero-order valence-electron chi connectivity index (χ0n) is 8.74. The highest BCUT2D eigenvalue weighted by molar-refractivity contribution is 7.50. The molecule has 5 aliphatic heterocycles. The number of hydrogen-bond donors (Lipinski definition) is 0. The normalized spacial score (nSPS) is 39.9. The number of benzene rings is 1. The molecule has 0 spiro atoms. The lowest BCUT2D eigenvalue weighted by molar-refractivity contribution is -0.131. The van der Waals surface area contributed by atoms with Gasteiger partial charge in [0.05, 0.1) is 0 Å². The highest BCUT2D eigenvalue weighted by Crippen LogP contribution is 2.79. The summed E-state index contributed by atoms with van der Waals surface area (Å²) >= 11 is 0. The standard InChI is InChI=1S/C8H4O8P2/c1-2-4-6-3-7(14-18(10)15-8(3)16-18)5(2)12-17(9,11-4)13-6/h8H,1H3. The molecule has 1 aromatic carbocycles. The number of hydrogen-bond acceptors (Lipinski definition) is 8. The van der Waals surface area contributed by atoms with E-state index in [1.54, 1.807) is 6.92 Å². The SMILES string of the molecule is Cc1c2c3c4c(c1OP(=O)(O2)O3)OP1(=O)OC4O1. The lowest BCUT2D eigenvalue weighted by Gasteiger charge is -2.39. The minimum absolute atomic E-state index is 0.207. The van der Waals surface area contributed by atoms with Gasteiger partial charge in [-0.2, -0.15) is 4.57 Å². The van der Waals surface area contributed by atoms with Crippen LogP contribution in [0.15, 0.2) is 0 Å². The van der Waals surface area contributed by atoms with Crippen LogP contribution in [0.3, 0.4) is 0 Å². The minimum Gasteiger partial charge on any atom is -0.399 e. The van der Waals surface area contributed by atoms with E-state index >= 15 is 0 Å². The predicted octanol–water partition coefficient (Wildman–Crippen LogP) is 2.81. The maximum absolute atomic E-state index is 12.0. The van der Waals surface area contributed by atoms with Gasteiger partial charge in [0.1, 0.15) is 5.56 Å². The summed E-state index contributed by atoms with van der Waals surface area (Å²) in [5.74, 6) is 0.964. The molecule has 1 aromatic rings. The van der Waals surface area contributed by atoms with Crippen molar-refractivity contribution in [3.8, 4) is 23.0 Å². The van der Waals surface area contributed by atoms with Crippen molar-refractivity contribution in [1.82, 2.24) is 0 Å². The summed E-state index contributed by atoms with van der Waals surface area (Å²) in [6.45, 7) is 1.70. The maximum atomic E-state index is 12.0. The monoisotopic (exact) mass is 290 g/mol. The van der Waals surface area contributed by atoms with Crippen LogP contribution in [-0.4, -0.2) is 0 Å². The Hall–Kier alpha value is -1.20. The second kappa shape index (κ2) is 2.42. The summed E-state index contributed by atoms with van der Waals surface area (Å²) in [6, 6.07) is 0. The van der Waals surface area contributed by atoms with Gasteiger partial charge in [-0.15, -0.1) is 0 Å². The van der Waals surface area contributed by atoms with E-state index in [1.807, 2.05) is 0 Å². The minimum atomic E-state index is -3.67. The van der Waals surface area contributed by atoms with E-state index in [2.05, 4.69) is 0 Å². The van der Waals surface area contributed by atoms with Gasteiger partial charge in [0.2, 0.25) is 6.29 Å². The summed E-state index contributed by atoms with van der Waals surface area (Å²) in [5, 5.41) is 0. The summed E-state index contributed by atoms with van der Waals surface area (Å²) < 4.78 is 54.4. The lowest BCUT2D eigenvalue weighted by atomic mass is 10.1. The fraction of sp³-hybridized carbons (Fsp3) is 0.250. The topological polar surface area (TPSA) is 89.5 Å². The fourth-order valence-electron chi connectivity index (χ4n) is 2.30. The van der Waals surface area contributed by atoms with Gasteiger partial charge < -0.3 is 18.1 Å². The molecule has 18 heavy (non-hydrogen) atoms. The molecule has 5 aliphatic rings. The Morgan fingerprint density at radius 2 is 1.33 bits per heavy atom. The molecule has 0 aliphatic carbocycles. The van der Waals surface area contributed by atoms with Crippen LogP contribution in [0.25, 0.3) is 0 Å². The molecule has 0 N–H and O–H groups in total. The summed E-state index contributed by atoms with van der Waals surface area (Å²) in [4.78, 5) is 0.